The number of benzene rings is 1. The fourth-order valence-electron chi connectivity index (χ4n) is 1.14. The van der Waals surface area contributed by atoms with Gasteiger partial charge in [-0.2, -0.15) is 5.10 Å². The third-order valence-corrected chi connectivity index (χ3v) is 2.17. The highest BCUT2D eigenvalue weighted by atomic mass is 35.5. The quantitative estimate of drug-likeness (QED) is 0.319. The molecule has 1 aromatic carbocycles. The highest BCUT2D eigenvalue weighted by molar-refractivity contribution is 6.33. The van der Waals surface area contributed by atoms with Gasteiger partial charge in [0.25, 0.3) is 11.7 Å². The van der Waals surface area contributed by atoms with Gasteiger partial charge in [-0.15, -0.1) is 5.10 Å². The number of guanidine groups is 1. The van der Waals surface area contributed by atoms with Gasteiger partial charge in [-0.3, -0.25) is 14.9 Å². The maximum absolute atomic E-state index is 10.7. The Morgan fingerprint density at radius 2 is 2.05 bits per heavy atom. The summed E-state index contributed by atoms with van der Waals surface area (Å²) in [4.78, 5) is 19.1. The largest absolute Gasteiger partial charge is 0.496 e. The average molecular weight is 332 g/mol. The van der Waals surface area contributed by atoms with Gasteiger partial charge in [0.2, 0.25) is 5.96 Å². The van der Waals surface area contributed by atoms with Gasteiger partial charge < -0.3 is 21.3 Å². The molecule has 0 spiro atoms. The third-order valence-electron chi connectivity index (χ3n) is 1.87. The van der Waals surface area contributed by atoms with Crippen LogP contribution in [0, 0.1) is 10.1 Å². The number of carbonyl (C=O) groups is 1. The van der Waals surface area contributed by atoms with Crippen LogP contribution in [0.2, 0.25) is 5.02 Å². The number of carboxylic acids is 1. The van der Waals surface area contributed by atoms with Gasteiger partial charge in [-0.25, -0.2) is 0 Å². The van der Waals surface area contributed by atoms with Crippen molar-refractivity contribution in [1.29, 1.82) is 0 Å². The zero-order valence-electron chi connectivity index (χ0n) is 11.7. The van der Waals surface area contributed by atoms with Gasteiger partial charge in [-0.05, 0) is 0 Å². The second kappa shape index (κ2) is 9.13. The first-order valence-corrected chi connectivity index (χ1v) is 5.90. The molecule has 0 bridgehead atoms. The molecule has 22 heavy (non-hydrogen) atoms. The first-order valence-electron chi connectivity index (χ1n) is 5.52. The Kier molecular flexibility index (Phi) is 7.93. The molecule has 0 saturated heterocycles. The molecule has 0 saturated carbocycles. The molecular weight excluding hydrogens is 318 g/mol. The second-order valence-electron chi connectivity index (χ2n) is 3.59. The molecule has 5 N–H and O–H groups in total. The molecule has 1 aromatic rings. The second-order valence-corrected chi connectivity index (χ2v) is 4.00. The number of hydrogen-bond acceptors (Lipinski definition) is 6. The Balaban J connectivity index is 0.000000980. The summed E-state index contributed by atoms with van der Waals surface area (Å²) in [5.41, 5.74) is 10.2. The van der Waals surface area contributed by atoms with Crippen molar-refractivity contribution in [3.8, 4) is 5.75 Å². The number of aliphatic carboxylic acids is 1. The van der Waals surface area contributed by atoms with Gasteiger partial charge in [0.1, 0.15) is 10.8 Å². The standard InChI is InChI=1S/C9H10ClN5O3.C2H4O2/c1-18-8-3-6(10)7(15(16)17)2-5(8)4-13-14-9(11)12;1-2(3)4/h2-4H,1H3,(H4,11,12,14);1H3,(H,3,4). The molecule has 11 heteroatoms. The monoisotopic (exact) mass is 331 g/mol. The SMILES string of the molecule is CC(=O)O.COc1cc(Cl)c([N+](=O)[O-])cc1C=NN=C(N)N. The number of ether oxygens (including phenoxy) is 1. The predicted molar refractivity (Wildman–Crippen MR) is 81.4 cm³/mol. The minimum atomic E-state index is -0.833. The highest BCUT2D eigenvalue weighted by Crippen LogP contribution is 2.31. The summed E-state index contributed by atoms with van der Waals surface area (Å²) in [5.74, 6) is -0.742. The number of halogens is 1. The van der Waals surface area contributed by atoms with Crippen LogP contribution in [0.3, 0.4) is 0 Å². The fourth-order valence-corrected chi connectivity index (χ4v) is 1.36. The Bertz CT molecular complexity index is 609. The lowest BCUT2D eigenvalue weighted by molar-refractivity contribution is -0.384. The number of hydrogen-bond donors (Lipinski definition) is 3. The van der Waals surface area contributed by atoms with Crippen LogP contribution in [0.25, 0.3) is 0 Å². The lowest BCUT2D eigenvalue weighted by Gasteiger charge is -2.04. The van der Waals surface area contributed by atoms with E-state index in [2.05, 4.69) is 10.2 Å². The van der Waals surface area contributed by atoms with E-state index in [1.54, 1.807) is 0 Å². The van der Waals surface area contributed by atoms with Crippen LogP contribution < -0.4 is 16.2 Å². The summed E-state index contributed by atoms with van der Waals surface area (Å²) in [6, 6.07) is 2.53. The van der Waals surface area contributed by atoms with Gasteiger partial charge in [0.05, 0.1) is 18.2 Å². The smallest absolute Gasteiger partial charge is 0.300 e. The molecular formula is C11H14ClN5O5. The number of nitrogens with two attached hydrogens (primary N) is 2. The normalized spacial score (nSPS) is 9.59. The molecule has 0 aliphatic carbocycles. The van der Waals surface area contributed by atoms with E-state index < -0.39 is 10.9 Å². The number of rotatable bonds is 4. The van der Waals surface area contributed by atoms with Crippen molar-refractivity contribution in [3.05, 3.63) is 32.8 Å². The van der Waals surface area contributed by atoms with E-state index in [1.165, 1.54) is 25.5 Å². The van der Waals surface area contributed by atoms with Crippen molar-refractivity contribution in [2.45, 2.75) is 6.92 Å². The van der Waals surface area contributed by atoms with E-state index in [4.69, 9.17) is 37.7 Å². The van der Waals surface area contributed by atoms with Crippen molar-refractivity contribution >= 4 is 35.4 Å². The van der Waals surface area contributed by atoms with E-state index in [0.29, 0.717) is 11.3 Å². The highest BCUT2D eigenvalue weighted by Gasteiger charge is 2.16. The number of nitro groups is 1. The van der Waals surface area contributed by atoms with Crippen LogP contribution in [0.15, 0.2) is 22.3 Å². The number of nitro benzene ring substituents is 1. The molecule has 0 atom stereocenters. The molecule has 0 radical (unpaired) electrons. The van der Waals surface area contributed by atoms with Gasteiger partial charge in [0.15, 0.2) is 0 Å². The molecule has 1 rings (SSSR count). The van der Waals surface area contributed by atoms with Crippen molar-refractivity contribution in [2.24, 2.45) is 21.7 Å². The van der Waals surface area contributed by atoms with Crippen molar-refractivity contribution in [1.82, 2.24) is 0 Å². The van der Waals surface area contributed by atoms with Crippen LogP contribution >= 0.6 is 11.6 Å². The number of carboxylic acid groups (broad SMARTS) is 1. The molecule has 0 aromatic heterocycles. The van der Waals surface area contributed by atoms with Crippen LogP contribution in [-0.2, 0) is 4.79 Å². The lowest BCUT2D eigenvalue weighted by atomic mass is 10.2. The molecule has 0 heterocycles. The first-order chi connectivity index (χ1) is 10.2. The summed E-state index contributed by atoms with van der Waals surface area (Å²) in [6.07, 6.45) is 1.22. The van der Waals surface area contributed by atoms with E-state index in [-0.39, 0.29) is 16.7 Å². The number of methoxy groups -OCH3 is 1. The minimum Gasteiger partial charge on any atom is -0.496 e. The van der Waals surface area contributed by atoms with E-state index in [1.807, 2.05) is 0 Å². The molecule has 120 valence electrons. The third kappa shape index (κ3) is 7.05. The number of nitrogens with zero attached hydrogens (tertiary/aromatic N) is 3. The van der Waals surface area contributed by atoms with Gasteiger partial charge >= 0.3 is 0 Å². The average Bonchev–Trinajstić information content (AvgIpc) is 2.38. The van der Waals surface area contributed by atoms with Crippen molar-refractivity contribution < 1.29 is 19.6 Å². The zero-order valence-corrected chi connectivity index (χ0v) is 12.4. The van der Waals surface area contributed by atoms with Crippen LogP contribution in [0.4, 0.5) is 5.69 Å². The van der Waals surface area contributed by atoms with Gasteiger partial charge in [-0.1, -0.05) is 11.6 Å². The zero-order chi connectivity index (χ0) is 17.3. The molecule has 0 amide bonds. The summed E-state index contributed by atoms with van der Waals surface area (Å²) in [7, 11) is 1.40. The van der Waals surface area contributed by atoms with Crippen LogP contribution in [0.5, 0.6) is 5.75 Å². The van der Waals surface area contributed by atoms with Crippen LogP contribution in [0.1, 0.15) is 12.5 Å². The maximum Gasteiger partial charge on any atom is 0.300 e. The Hall–Kier alpha value is -2.88. The Labute approximate surface area is 130 Å². The molecule has 10 nitrogen and oxygen atoms in total. The summed E-state index contributed by atoms with van der Waals surface area (Å²) < 4.78 is 5.01. The maximum atomic E-state index is 10.7. The van der Waals surface area contributed by atoms with E-state index in [9.17, 15) is 10.1 Å². The Morgan fingerprint density at radius 1 is 1.50 bits per heavy atom. The van der Waals surface area contributed by atoms with E-state index in [0.717, 1.165) is 6.92 Å². The minimum absolute atomic E-state index is 0.0316. The van der Waals surface area contributed by atoms with Crippen molar-refractivity contribution in [3.63, 3.8) is 0 Å². The topological polar surface area (TPSA) is 166 Å². The summed E-state index contributed by atoms with van der Waals surface area (Å²) >= 11 is 5.73. The molecule has 0 aliphatic heterocycles. The Morgan fingerprint density at radius 3 is 2.45 bits per heavy atom. The predicted octanol–water partition coefficient (Wildman–Crippen LogP) is 0.955. The molecule has 0 fully saturated rings. The first kappa shape index (κ1) is 19.1. The molecule has 0 unspecified atom stereocenters. The van der Waals surface area contributed by atoms with Gasteiger partial charge in [0, 0.05) is 24.6 Å². The summed E-state index contributed by atoms with van der Waals surface area (Å²) in [6.45, 7) is 1.08. The summed E-state index contributed by atoms with van der Waals surface area (Å²) in [5, 5.41) is 25.0. The lowest BCUT2D eigenvalue weighted by Crippen LogP contribution is -2.21. The van der Waals surface area contributed by atoms with Crippen molar-refractivity contribution in [2.75, 3.05) is 7.11 Å². The fraction of sp³-hybridized carbons (Fsp3) is 0.182. The molecule has 0 aliphatic rings. The van der Waals surface area contributed by atoms with E-state index >= 15 is 0 Å². The van der Waals surface area contributed by atoms with Crippen LogP contribution in [-0.4, -0.2) is 35.3 Å².